The van der Waals surface area contributed by atoms with Crippen LogP contribution in [0.15, 0.2) is 60.7 Å². The molecule has 1 aliphatic carbocycles. The Hall–Kier alpha value is -3.22. The van der Waals surface area contributed by atoms with E-state index in [2.05, 4.69) is 0 Å². The molecular formula is C25H25N3O3. The first-order chi connectivity index (χ1) is 15.0. The van der Waals surface area contributed by atoms with Crippen LogP contribution in [0.3, 0.4) is 0 Å². The molecule has 6 nitrogen and oxygen atoms in total. The lowest BCUT2D eigenvalue weighted by atomic mass is 9.70. The predicted molar refractivity (Wildman–Crippen MR) is 120 cm³/mol. The van der Waals surface area contributed by atoms with Crippen molar-refractivity contribution in [2.45, 2.75) is 31.4 Å². The van der Waals surface area contributed by atoms with Gasteiger partial charge in [-0.3, -0.25) is 4.79 Å². The molecule has 0 radical (unpaired) electrons. The topological polar surface area (TPSA) is 88.7 Å². The number of carbonyl (C=O) groups excluding carboxylic acids is 1. The summed E-state index contributed by atoms with van der Waals surface area (Å²) in [4.78, 5) is 18.9. The number of hydrogen-bond donors (Lipinski definition) is 2. The number of pyridine rings is 1. The molecule has 1 aromatic heterocycles. The van der Waals surface area contributed by atoms with Gasteiger partial charge in [0.15, 0.2) is 6.61 Å². The first-order valence-electron chi connectivity index (χ1n) is 10.6. The van der Waals surface area contributed by atoms with Crippen LogP contribution in [0.5, 0.6) is 5.88 Å². The quantitative estimate of drug-likeness (QED) is 0.681. The summed E-state index contributed by atoms with van der Waals surface area (Å²) in [5.74, 6) is 0.404. The Morgan fingerprint density at radius 3 is 2.48 bits per heavy atom. The van der Waals surface area contributed by atoms with Gasteiger partial charge in [0, 0.05) is 23.2 Å². The van der Waals surface area contributed by atoms with E-state index in [-0.39, 0.29) is 18.6 Å². The largest absolute Gasteiger partial charge is 0.466 e. The van der Waals surface area contributed by atoms with Crippen molar-refractivity contribution < 1.29 is 14.6 Å². The molecule has 3 aromatic rings. The second-order valence-electron chi connectivity index (χ2n) is 8.30. The zero-order chi connectivity index (χ0) is 21.6. The molecular weight excluding hydrogens is 390 g/mol. The molecule has 0 spiro atoms. The van der Waals surface area contributed by atoms with Gasteiger partial charge in [-0.15, -0.1) is 0 Å². The maximum Gasteiger partial charge on any atom is 0.265 e. The Labute approximate surface area is 181 Å². The summed E-state index contributed by atoms with van der Waals surface area (Å²) in [5.41, 5.74) is 11.4. The maximum atomic E-state index is 12.3. The van der Waals surface area contributed by atoms with Crippen molar-refractivity contribution in [3.8, 4) is 28.3 Å². The monoisotopic (exact) mass is 415 g/mol. The van der Waals surface area contributed by atoms with Crippen LogP contribution >= 0.6 is 0 Å². The minimum absolute atomic E-state index is 0.00504. The highest BCUT2D eigenvalue weighted by Crippen LogP contribution is 2.42. The third kappa shape index (κ3) is 3.38. The maximum absolute atomic E-state index is 12.3. The number of aromatic nitrogens is 1. The van der Waals surface area contributed by atoms with Gasteiger partial charge in [-0.05, 0) is 37.0 Å². The molecule has 0 saturated heterocycles. The van der Waals surface area contributed by atoms with Crippen LogP contribution in [0.2, 0.25) is 0 Å². The predicted octanol–water partition coefficient (Wildman–Crippen LogP) is 3.47. The summed E-state index contributed by atoms with van der Waals surface area (Å²) in [5, 5.41) is 9.68. The summed E-state index contributed by atoms with van der Waals surface area (Å²) in [6.45, 7) is 2.50. The highest BCUT2D eigenvalue weighted by Gasteiger charge is 2.41. The number of hydrogen-bond acceptors (Lipinski definition) is 5. The fourth-order valence-electron chi connectivity index (χ4n) is 4.51. The minimum Gasteiger partial charge on any atom is -0.466 e. The van der Waals surface area contributed by atoms with Gasteiger partial charge >= 0.3 is 0 Å². The van der Waals surface area contributed by atoms with Crippen LogP contribution in [0.4, 0.5) is 5.69 Å². The number of carbonyl (C=O) groups is 1. The molecule has 2 aromatic carbocycles. The lowest BCUT2D eigenvalue weighted by molar-refractivity contribution is -0.121. The number of fused-ring (bicyclic) bond motifs is 1. The summed E-state index contributed by atoms with van der Waals surface area (Å²) in [7, 11) is 0. The number of nitrogens with two attached hydrogens (primary N) is 1. The first-order valence-corrected chi connectivity index (χ1v) is 10.6. The molecule has 2 heterocycles. The molecule has 3 N–H and O–H groups in total. The van der Waals surface area contributed by atoms with Crippen molar-refractivity contribution in [3.05, 3.63) is 66.2 Å². The van der Waals surface area contributed by atoms with Crippen LogP contribution in [0.1, 0.15) is 25.3 Å². The number of likely N-dealkylation sites (N-methyl/N-ethyl adjacent to an activating group) is 1. The second-order valence-corrected chi connectivity index (χ2v) is 8.30. The van der Waals surface area contributed by atoms with Crippen molar-refractivity contribution in [3.63, 3.8) is 0 Å². The fourth-order valence-corrected chi connectivity index (χ4v) is 4.51. The van der Waals surface area contributed by atoms with E-state index in [1.165, 1.54) is 0 Å². The molecule has 0 bridgehead atoms. The molecule has 1 amide bonds. The lowest BCUT2D eigenvalue weighted by Gasteiger charge is -2.42. The van der Waals surface area contributed by atoms with Gasteiger partial charge in [-0.1, -0.05) is 54.6 Å². The molecule has 1 saturated carbocycles. The van der Waals surface area contributed by atoms with Crippen LogP contribution in [0, 0.1) is 0 Å². The Kier molecular flexibility index (Phi) is 4.76. The number of anilines is 1. The fraction of sp³-hybridized carbons (Fsp3) is 0.280. The number of aliphatic hydroxyl groups is 1. The summed E-state index contributed by atoms with van der Waals surface area (Å²) in [6.07, 6.45) is 0.832. The van der Waals surface area contributed by atoms with Crippen molar-refractivity contribution in [2.24, 2.45) is 5.73 Å². The SMILES string of the molecule is CCN1C(=O)COc2nc(-c3ccc(C4(N)CC(O)C4)cc3)c(-c3ccccc3)cc21. The van der Waals surface area contributed by atoms with Crippen LogP contribution in [-0.2, 0) is 10.3 Å². The summed E-state index contributed by atoms with van der Waals surface area (Å²) >= 11 is 0. The Bertz CT molecular complexity index is 1120. The normalized spacial score (nSPS) is 22.5. The Balaban J connectivity index is 1.62. The lowest BCUT2D eigenvalue weighted by Crippen LogP contribution is -2.51. The van der Waals surface area contributed by atoms with Crippen molar-refractivity contribution in [1.82, 2.24) is 4.98 Å². The smallest absolute Gasteiger partial charge is 0.265 e. The highest BCUT2D eigenvalue weighted by molar-refractivity contribution is 5.99. The van der Waals surface area contributed by atoms with Gasteiger partial charge in [0.2, 0.25) is 5.88 Å². The van der Waals surface area contributed by atoms with E-state index >= 15 is 0 Å². The average Bonchev–Trinajstić information content (AvgIpc) is 2.78. The Morgan fingerprint density at radius 2 is 1.84 bits per heavy atom. The van der Waals surface area contributed by atoms with E-state index in [0.29, 0.717) is 31.0 Å². The minimum atomic E-state index is -0.464. The number of nitrogens with zero attached hydrogens (tertiary/aromatic N) is 2. The van der Waals surface area contributed by atoms with E-state index < -0.39 is 5.54 Å². The molecule has 0 atom stereocenters. The third-order valence-electron chi connectivity index (χ3n) is 6.23. The van der Waals surface area contributed by atoms with Crippen molar-refractivity contribution in [2.75, 3.05) is 18.1 Å². The number of aliphatic hydroxyl groups excluding tert-OH is 1. The molecule has 31 heavy (non-hydrogen) atoms. The Morgan fingerprint density at radius 1 is 1.13 bits per heavy atom. The van der Waals surface area contributed by atoms with Crippen molar-refractivity contribution >= 4 is 11.6 Å². The van der Waals surface area contributed by atoms with E-state index in [4.69, 9.17) is 15.5 Å². The number of amides is 1. The molecule has 0 unspecified atom stereocenters. The summed E-state index contributed by atoms with van der Waals surface area (Å²) in [6, 6.07) is 20.1. The molecule has 5 rings (SSSR count). The molecule has 158 valence electrons. The van der Waals surface area contributed by atoms with E-state index in [1.54, 1.807) is 4.90 Å². The van der Waals surface area contributed by atoms with Gasteiger partial charge in [0.05, 0.1) is 11.8 Å². The molecule has 1 aliphatic heterocycles. The van der Waals surface area contributed by atoms with Gasteiger partial charge in [0.1, 0.15) is 5.69 Å². The van der Waals surface area contributed by atoms with Gasteiger partial charge in [-0.2, -0.15) is 0 Å². The van der Waals surface area contributed by atoms with Crippen LogP contribution < -0.4 is 15.4 Å². The summed E-state index contributed by atoms with van der Waals surface area (Å²) < 4.78 is 5.69. The molecule has 6 heteroatoms. The van der Waals surface area contributed by atoms with Gasteiger partial charge < -0.3 is 20.5 Å². The van der Waals surface area contributed by atoms with E-state index in [9.17, 15) is 9.90 Å². The van der Waals surface area contributed by atoms with E-state index in [0.717, 1.165) is 27.9 Å². The second kappa shape index (κ2) is 7.48. The van der Waals surface area contributed by atoms with E-state index in [1.807, 2.05) is 67.6 Å². The van der Waals surface area contributed by atoms with Crippen molar-refractivity contribution in [1.29, 1.82) is 0 Å². The van der Waals surface area contributed by atoms with Crippen LogP contribution in [-0.4, -0.2) is 35.3 Å². The number of benzene rings is 2. The average molecular weight is 415 g/mol. The van der Waals surface area contributed by atoms with Gasteiger partial charge in [-0.25, -0.2) is 4.98 Å². The number of ether oxygens (including phenoxy) is 1. The standard InChI is InChI=1S/C25H25N3O3/c1-2-28-21-12-20(16-6-4-3-5-7-16)23(27-24(21)31-15-22(28)30)17-8-10-18(11-9-17)25(26)13-19(29)14-25/h3-12,19,29H,2,13-15,26H2,1H3. The first kappa shape index (κ1) is 19.7. The van der Waals surface area contributed by atoms with Gasteiger partial charge in [0.25, 0.3) is 5.91 Å². The third-order valence-corrected chi connectivity index (χ3v) is 6.23. The molecule has 1 fully saturated rings. The number of rotatable bonds is 4. The molecule has 2 aliphatic rings. The van der Waals surface area contributed by atoms with Crippen LogP contribution in [0.25, 0.3) is 22.4 Å². The zero-order valence-electron chi connectivity index (χ0n) is 17.4. The highest BCUT2D eigenvalue weighted by atomic mass is 16.5. The zero-order valence-corrected chi connectivity index (χ0v) is 17.4.